The van der Waals surface area contributed by atoms with E-state index in [1.54, 1.807) is 24.3 Å². The van der Waals surface area contributed by atoms with E-state index in [1.807, 2.05) is 36.4 Å². The van der Waals surface area contributed by atoms with Gasteiger partial charge in [0.05, 0.1) is 0 Å². The molecule has 0 aliphatic carbocycles. The second kappa shape index (κ2) is 8.30. The van der Waals surface area contributed by atoms with Gasteiger partial charge in [0, 0.05) is 24.0 Å². The minimum absolute atomic E-state index is 0.0424. The molecule has 0 saturated carbocycles. The van der Waals surface area contributed by atoms with E-state index >= 15 is 0 Å². The molecule has 2 aromatic rings. The van der Waals surface area contributed by atoms with Gasteiger partial charge in [0.25, 0.3) is 5.91 Å². The molecule has 5 heteroatoms. The molecule has 0 saturated heterocycles. The van der Waals surface area contributed by atoms with Crippen molar-refractivity contribution in [2.24, 2.45) is 0 Å². The highest BCUT2D eigenvalue weighted by atomic mass is 16.1. The highest BCUT2D eigenvalue weighted by Gasteiger charge is 2.10. The average Bonchev–Trinajstić information content (AvgIpc) is 2.59. The molecule has 2 N–H and O–H groups in total. The molecule has 0 spiro atoms. The maximum atomic E-state index is 12.1. The van der Waals surface area contributed by atoms with Gasteiger partial charge in [-0.3, -0.25) is 9.59 Å². The van der Waals surface area contributed by atoms with Crippen molar-refractivity contribution in [2.75, 3.05) is 5.32 Å². The highest BCUT2D eigenvalue weighted by molar-refractivity contribution is 6.07. The molecule has 0 aliphatic heterocycles. The molecular weight excluding hydrogens is 302 g/mol. The molecule has 0 unspecified atom stereocenters. The Kier molecular flexibility index (Phi) is 5.87. The monoisotopic (exact) mass is 319 g/mol. The molecule has 120 valence electrons. The van der Waals surface area contributed by atoms with E-state index in [0.717, 1.165) is 5.56 Å². The predicted molar refractivity (Wildman–Crippen MR) is 92.1 cm³/mol. The van der Waals surface area contributed by atoms with Crippen molar-refractivity contribution in [3.05, 3.63) is 77.5 Å². The summed E-state index contributed by atoms with van der Waals surface area (Å²) in [5, 5.41) is 14.7. The molecule has 24 heavy (non-hydrogen) atoms. The van der Waals surface area contributed by atoms with E-state index in [9.17, 15) is 9.59 Å². The third kappa shape index (κ3) is 4.82. The van der Waals surface area contributed by atoms with Crippen LogP contribution in [-0.4, -0.2) is 11.7 Å². The van der Waals surface area contributed by atoms with Crippen LogP contribution in [0.2, 0.25) is 0 Å². The van der Waals surface area contributed by atoms with Gasteiger partial charge < -0.3 is 10.6 Å². The molecule has 0 atom stereocenters. The minimum Gasteiger partial charge on any atom is -0.386 e. The van der Waals surface area contributed by atoms with Crippen molar-refractivity contribution >= 4 is 17.4 Å². The second-order valence-electron chi connectivity index (χ2n) is 5.13. The highest BCUT2D eigenvalue weighted by Crippen LogP contribution is 2.12. The normalized spacial score (nSPS) is 10.6. The third-order valence-corrected chi connectivity index (χ3v) is 3.29. The number of ketones is 1. The van der Waals surface area contributed by atoms with Gasteiger partial charge in [0.1, 0.15) is 11.6 Å². The van der Waals surface area contributed by atoms with Crippen LogP contribution in [0.15, 0.2) is 66.4 Å². The fourth-order valence-electron chi connectivity index (χ4n) is 2.03. The molecule has 2 aromatic carbocycles. The zero-order valence-corrected chi connectivity index (χ0v) is 13.2. The number of hydrogen-bond acceptors (Lipinski definition) is 4. The Morgan fingerprint density at radius 3 is 2.54 bits per heavy atom. The number of carbonyl (C=O) groups is 2. The van der Waals surface area contributed by atoms with Crippen molar-refractivity contribution in [3.8, 4) is 6.07 Å². The van der Waals surface area contributed by atoms with E-state index in [2.05, 4.69) is 10.6 Å². The van der Waals surface area contributed by atoms with E-state index in [-0.39, 0.29) is 11.4 Å². The first-order chi connectivity index (χ1) is 11.6. The molecular formula is C19H17N3O2. The Hall–Kier alpha value is -3.39. The lowest BCUT2D eigenvalue weighted by atomic mass is 10.1. The Morgan fingerprint density at radius 1 is 1.12 bits per heavy atom. The number of carbonyl (C=O) groups excluding carboxylic acids is 2. The van der Waals surface area contributed by atoms with Crippen LogP contribution in [0.1, 0.15) is 22.8 Å². The summed E-state index contributed by atoms with van der Waals surface area (Å²) in [4.78, 5) is 23.5. The molecule has 0 heterocycles. The summed E-state index contributed by atoms with van der Waals surface area (Å²) < 4.78 is 0. The van der Waals surface area contributed by atoms with Crippen LogP contribution >= 0.6 is 0 Å². The third-order valence-electron chi connectivity index (χ3n) is 3.29. The van der Waals surface area contributed by atoms with Gasteiger partial charge in [0.2, 0.25) is 0 Å². The smallest absolute Gasteiger partial charge is 0.267 e. The number of amides is 1. The number of rotatable bonds is 6. The number of nitrogens with zero attached hydrogens (tertiary/aromatic N) is 1. The summed E-state index contributed by atoms with van der Waals surface area (Å²) in [7, 11) is 0. The lowest BCUT2D eigenvalue weighted by Crippen LogP contribution is -2.16. The molecule has 0 fully saturated rings. The number of nitriles is 1. The van der Waals surface area contributed by atoms with Gasteiger partial charge in [-0.2, -0.15) is 5.26 Å². The van der Waals surface area contributed by atoms with E-state index < -0.39 is 5.91 Å². The van der Waals surface area contributed by atoms with Gasteiger partial charge in [-0.05, 0) is 24.6 Å². The molecule has 0 aliphatic rings. The standard InChI is InChI=1S/C19H17N3O2/c1-14(23)16-8-5-9-18(10-16)22-19(24)17(11-20)13-21-12-15-6-3-2-4-7-15/h2-10,13,21H,12H2,1H3,(H,22,24)/b17-13-. The zero-order valence-electron chi connectivity index (χ0n) is 13.2. The van der Waals surface area contributed by atoms with Crippen molar-refractivity contribution in [2.45, 2.75) is 13.5 Å². The summed E-state index contributed by atoms with van der Waals surface area (Å²) >= 11 is 0. The first-order valence-corrected chi connectivity index (χ1v) is 7.40. The van der Waals surface area contributed by atoms with Crippen molar-refractivity contribution < 1.29 is 9.59 Å². The van der Waals surface area contributed by atoms with Crippen LogP contribution < -0.4 is 10.6 Å². The topological polar surface area (TPSA) is 82.0 Å². The van der Waals surface area contributed by atoms with Gasteiger partial charge in [-0.15, -0.1) is 0 Å². The van der Waals surface area contributed by atoms with Gasteiger partial charge in [-0.25, -0.2) is 0 Å². The van der Waals surface area contributed by atoms with Crippen molar-refractivity contribution in [3.63, 3.8) is 0 Å². The number of hydrogen-bond donors (Lipinski definition) is 2. The fourth-order valence-corrected chi connectivity index (χ4v) is 2.03. The summed E-state index contributed by atoms with van der Waals surface area (Å²) in [6.07, 6.45) is 1.39. The second-order valence-corrected chi connectivity index (χ2v) is 5.13. The van der Waals surface area contributed by atoms with Gasteiger partial charge in [0.15, 0.2) is 5.78 Å². The molecule has 0 aromatic heterocycles. The molecule has 1 amide bonds. The van der Waals surface area contributed by atoms with Gasteiger partial charge >= 0.3 is 0 Å². The van der Waals surface area contributed by atoms with Crippen LogP contribution in [0, 0.1) is 11.3 Å². The Labute approximate surface area is 140 Å². The summed E-state index contributed by atoms with van der Waals surface area (Å²) in [6.45, 7) is 1.97. The number of nitrogens with one attached hydrogen (secondary N) is 2. The van der Waals surface area contributed by atoms with E-state index in [1.165, 1.54) is 13.1 Å². The van der Waals surface area contributed by atoms with Crippen LogP contribution in [0.5, 0.6) is 0 Å². The summed E-state index contributed by atoms with van der Waals surface area (Å²) in [5.74, 6) is -0.620. The maximum Gasteiger partial charge on any atom is 0.267 e. The van der Waals surface area contributed by atoms with Gasteiger partial charge in [-0.1, -0.05) is 42.5 Å². The van der Waals surface area contributed by atoms with Crippen LogP contribution in [-0.2, 0) is 11.3 Å². The average molecular weight is 319 g/mol. The molecule has 0 bridgehead atoms. The quantitative estimate of drug-likeness (QED) is 0.487. The molecule has 0 radical (unpaired) electrons. The lowest BCUT2D eigenvalue weighted by molar-refractivity contribution is -0.112. The lowest BCUT2D eigenvalue weighted by Gasteiger charge is -2.06. The largest absolute Gasteiger partial charge is 0.386 e. The number of Topliss-reactive ketones (excluding diaryl/α,β-unsaturated/α-hetero) is 1. The summed E-state index contributed by atoms with van der Waals surface area (Å²) in [6, 6.07) is 18.1. The van der Waals surface area contributed by atoms with E-state index in [4.69, 9.17) is 5.26 Å². The maximum absolute atomic E-state index is 12.1. The summed E-state index contributed by atoms with van der Waals surface area (Å²) in [5.41, 5.74) is 1.97. The predicted octanol–water partition coefficient (Wildman–Crippen LogP) is 3.02. The van der Waals surface area contributed by atoms with Crippen LogP contribution in [0.25, 0.3) is 0 Å². The molecule has 5 nitrogen and oxygen atoms in total. The van der Waals surface area contributed by atoms with Crippen molar-refractivity contribution in [1.29, 1.82) is 5.26 Å². The van der Waals surface area contributed by atoms with E-state index in [0.29, 0.717) is 17.8 Å². The minimum atomic E-state index is -0.529. The fraction of sp³-hybridized carbons (Fsp3) is 0.105. The SMILES string of the molecule is CC(=O)c1cccc(NC(=O)/C(C#N)=C\NCc2ccccc2)c1. The molecule has 2 rings (SSSR count). The Balaban J connectivity index is 2.01. The van der Waals surface area contributed by atoms with Crippen LogP contribution in [0.4, 0.5) is 5.69 Å². The van der Waals surface area contributed by atoms with Crippen LogP contribution in [0.3, 0.4) is 0 Å². The number of anilines is 1. The number of benzene rings is 2. The first-order valence-electron chi connectivity index (χ1n) is 7.40. The first kappa shape index (κ1) is 17.0. The Morgan fingerprint density at radius 2 is 1.88 bits per heavy atom. The zero-order chi connectivity index (χ0) is 17.4. The Bertz CT molecular complexity index is 805. The van der Waals surface area contributed by atoms with Crippen molar-refractivity contribution in [1.82, 2.24) is 5.32 Å².